The third-order valence-corrected chi connectivity index (χ3v) is 6.04. The summed E-state index contributed by atoms with van der Waals surface area (Å²) in [5, 5.41) is 0. The van der Waals surface area contributed by atoms with Gasteiger partial charge in [0.15, 0.2) is 5.58 Å². The van der Waals surface area contributed by atoms with Crippen LogP contribution in [0.3, 0.4) is 0 Å². The zero-order valence-corrected chi connectivity index (χ0v) is 17.6. The van der Waals surface area contributed by atoms with Gasteiger partial charge >= 0.3 is 0 Å². The Kier molecular flexibility index (Phi) is 4.81. The average Bonchev–Trinajstić information content (AvgIpc) is 3.45. The normalized spacial score (nSPS) is 15.2. The summed E-state index contributed by atoms with van der Waals surface area (Å²) in [6, 6.07) is 24.8. The molecule has 0 spiro atoms. The van der Waals surface area contributed by atoms with E-state index in [9.17, 15) is 0 Å². The third kappa shape index (κ3) is 3.51. The number of ether oxygens (including phenoxy) is 1. The largest absolute Gasteiger partial charge is 0.436 e. The van der Waals surface area contributed by atoms with Crippen LogP contribution in [0.2, 0.25) is 0 Å². The molecule has 0 amide bonds. The van der Waals surface area contributed by atoms with Crippen molar-refractivity contribution >= 4 is 34.3 Å². The molecule has 158 valence electrons. The predicted octanol–water partition coefficient (Wildman–Crippen LogP) is 6.37. The maximum Gasteiger partial charge on any atom is 0.227 e. The molecule has 5 aromatic rings. The van der Waals surface area contributed by atoms with E-state index in [2.05, 4.69) is 52.0 Å². The summed E-state index contributed by atoms with van der Waals surface area (Å²) in [5.41, 5.74) is 5.83. The summed E-state index contributed by atoms with van der Waals surface area (Å²) in [6.07, 6.45) is 6.22. The molecule has 0 N–H and O–H groups in total. The molecule has 32 heavy (non-hydrogen) atoms. The molecule has 6 rings (SSSR count). The zero-order chi connectivity index (χ0) is 21.3. The Morgan fingerprint density at radius 2 is 1.62 bits per heavy atom. The van der Waals surface area contributed by atoms with Gasteiger partial charge in [-0.3, -0.25) is 0 Å². The lowest BCUT2D eigenvalue weighted by molar-refractivity contribution is 0.0704. The Hall–Kier alpha value is -3.70. The van der Waals surface area contributed by atoms with Crippen LogP contribution in [-0.4, -0.2) is 27.7 Å². The van der Waals surface area contributed by atoms with Crippen molar-refractivity contribution in [3.63, 3.8) is 0 Å². The van der Waals surface area contributed by atoms with Crippen molar-refractivity contribution in [3.05, 3.63) is 84.2 Å². The summed E-state index contributed by atoms with van der Waals surface area (Å²) in [4.78, 5) is 9.66. The summed E-state index contributed by atoms with van der Waals surface area (Å²) in [5.74, 6) is 1.58. The van der Waals surface area contributed by atoms with Gasteiger partial charge in [0.1, 0.15) is 11.3 Å². The SMILES string of the molecule is C(=Cc1nc2cc(-c3nc4ccccc4o3)ccc2n1C1CCOCC1)c1ccccc1. The molecule has 0 saturated carbocycles. The molecule has 0 bridgehead atoms. The van der Waals surface area contributed by atoms with Crippen molar-refractivity contribution in [1.82, 2.24) is 14.5 Å². The van der Waals surface area contributed by atoms with Crippen LogP contribution in [0.5, 0.6) is 0 Å². The fourth-order valence-corrected chi connectivity index (χ4v) is 4.43. The van der Waals surface area contributed by atoms with Crippen molar-refractivity contribution in [2.24, 2.45) is 0 Å². The number of fused-ring (bicyclic) bond motifs is 2. The van der Waals surface area contributed by atoms with E-state index in [4.69, 9.17) is 14.1 Å². The standard InChI is InChI=1S/C27H23N3O2/c1-2-6-19(7-3-1)10-13-26-28-23-18-20(27-29-22-8-4-5-9-25(22)32-27)11-12-24(23)30(26)21-14-16-31-17-15-21/h1-13,18,21H,14-17H2. The highest BCUT2D eigenvalue weighted by molar-refractivity contribution is 5.85. The molecule has 2 aromatic heterocycles. The van der Waals surface area contributed by atoms with Crippen molar-refractivity contribution in [3.8, 4) is 11.5 Å². The summed E-state index contributed by atoms with van der Waals surface area (Å²) >= 11 is 0. The highest BCUT2D eigenvalue weighted by atomic mass is 16.5. The molecule has 1 fully saturated rings. The fourth-order valence-electron chi connectivity index (χ4n) is 4.43. The van der Waals surface area contributed by atoms with E-state index >= 15 is 0 Å². The Morgan fingerprint density at radius 3 is 2.47 bits per heavy atom. The van der Waals surface area contributed by atoms with Crippen LogP contribution >= 0.6 is 0 Å². The molecular formula is C27H23N3O2. The van der Waals surface area contributed by atoms with Gasteiger partial charge in [0.05, 0.1) is 11.0 Å². The van der Waals surface area contributed by atoms with E-state index < -0.39 is 0 Å². The molecule has 3 heterocycles. The lowest BCUT2D eigenvalue weighted by Gasteiger charge is -2.25. The number of hydrogen-bond donors (Lipinski definition) is 0. The first-order chi connectivity index (χ1) is 15.8. The van der Waals surface area contributed by atoms with E-state index in [1.807, 2.05) is 42.5 Å². The zero-order valence-electron chi connectivity index (χ0n) is 17.6. The minimum Gasteiger partial charge on any atom is -0.436 e. The number of oxazole rings is 1. The van der Waals surface area contributed by atoms with Crippen molar-refractivity contribution in [1.29, 1.82) is 0 Å². The average molecular weight is 422 g/mol. The minimum absolute atomic E-state index is 0.374. The molecule has 0 atom stereocenters. The van der Waals surface area contributed by atoms with Crippen molar-refractivity contribution in [2.75, 3.05) is 13.2 Å². The van der Waals surface area contributed by atoms with E-state index in [-0.39, 0.29) is 0 Å². The smallest absolute Gasteiger partial charge is 0.227 e. The number of rotatable bonds is 4. The highest BCUT2D eigenvalue weighted by Crippen LogP contribution is 2.32. The van der Waals surface area contributed by atoms with Gasteiger partial charge in [-0.15, -0.1) is 0 Å². The second-order valence-electron chi connectivity index (χ2n) is 8.12. The number of benzene rings is 3. The van der Waals surface area contributed by atoms with Gasteiger partial charge in [0, 0.05) is 24.8 Å². The molecule has 0 aliphatic carbocycles. The number of aromatic nitrogens is 3. The van der Waals surface area contributed by atoms with Crippen LogP contribution in [0.25, 0.3) is 45.7 Å². The third-order valence-electron chi connectivity index (χ3n) is 6.04. The summed E-state index contributed by atoms with van der Waals surface area (Å²) in [6.45, 7) is 1.57. The number of hydrogen-bond acceptors (Lipinski definition) is 4. The van der Waals surface area contributed by atoms with Crippen LogP contribution in [-0.2, 0) is 4.74 Å². The highest BCUT2D eigenvalue weighted by Gasteiger charge is 2.21. The maximum absolute atomic E-state index is 5.99. The van der Waals surface area contributed by atoms with Gasteiger partial charge < -0.3 is 13.7 Å². The van der Waals surface area contributed by atoms with Gasteiger partial charge in [-0.2, -0.15) is 0 Å². The molecule has 1 aliphatic rings. The van der Waals surface area contributed by atoms with E-state index in [1.165, 1.54) is 0 Å². The minimum atomic E-state index is 0.374. The summed E-state index contributed by atoms with van der Waals surface area (Å²) < 4.78 is 14.0. The molecular weight excluding hydrogens is 398 g/mol. The van der Waals surface area contributed by atoms with Gasteiger partial charge in [0.2, 0.25) is 5.89 Å². The Labute approximate surface area is 186 Å². The van der Waals surface area contributed by atoms with Gasteiger partial charge in [-0.05, 0) is 54.8 Å². The van der Waals surface area contributed by atoms with E-state index in [0.717, 1.165) is 65.1 Å². The first kappa shape index (κ1) is 19.0. The van der Waals surface area contributed by atoms with E-state index in [1.54, 1.807) is 0 Å². The number of imidazole rings is 1. The Balaban J connectivity index is 1.45. The van der Waals surface area contributed by atoms with E-state index in [0.29, 0.717) is 11.9 Å². The first-order valence-corrected chi connectivity index (χ1v) is 11.0. The topological polar surface area (TPSA) is 53.1 Å². The van der Waals surface area contributed by atoms with Crippen LogP contribution in [0.4, 0.5) is 0 Å². The van der Waals surface area contributed by atoms with Crippen LogP contribution in [0, 0.1) is 0 Å². The van der Waals surface area contributed by atoms with Crippen molar-refractivity contribution < 1.29 is 9.15 Å². The van der Waals surface area contributed by atoms with Gasteiger partial charge in [0.25, 0.3) is 0 Å². The lowest BCUT2D eigenvalue weighted by Crippen LogP contribution is -2.20. The molecule has 5 heteroatoms. The molecule has 1 aliphatic heterocycles. The Bertz CT molecular complexity index is 1380. The molecule has 5 nitrogen and oxygen atoms in total. The van der Waals surface area contributed by atoms with Gasteiger partial charge in [-0.1, -0.05) is 48.5 Å². The quantitative estimate of drug-likeness (QED) is 0.338. The molecule has 1 saturated heterocycles. The number of para-hydroxylation sites is 2. The Morgan fingerprint density at radius 1 is 0.812 bits per heavy atom. The molecule has 0 unspecified atom stereocenters. The fraction of sp³-hybridized carbons (Fsp3) is 0.185. The van der Waals surface area contributed by atoms with Crippen LogP contribution in [0.1, 0.15) is 30.3 Å². The van der Waals surface area contributed by atoms with Crippen LogP contribution in [0.15, 0.2) is 77.2 Å². The monoisotopic (exact) mass is 421 g/mol. The van der Waals surface area contributed by atoms with Crippen LogP contribution < -0.4 is 0 Å². The van der Waals surface area contributed by atoms with Crippen molar-refractivity contribution in [2.45, 2.75) is 18.9 Å². The molecule has 0 radical (unpaired) electrons. The predicted molar refractivity (Wildman–Crippen MR) is 127 cm³/mol. The molecule has 3 aromatic carbocycles. The van der Waals surface area contributed by atoms with Gasteiger partial charge in [-0.25, -0.2) is 9.97 Å². The number of nitrogens with zero attached hydrogens (tertiary/aromatic N) is 3. The maximum atomic E-state index is 5.99. The second kappa shape index (κ2) is 8.09. The first-order valence-electron chi connectivity index (χ1n) is 11.0. The summed E-state index contributed by atoms with van der Waals surface area (Å²) in [7, 11) is 0. The lowest BCUT2D eigenvalue weighted by atomic mass is 10.1. The second-order valence-corrected chi connectivity index (χ2v) is 8.12.